The van der Waals surface area contributed by atoms with Crippen LogP contribution in [0.1, 0.15) is 20.3 Å². The maximum absolute atomic E-state index is 12.4. The standard InChI is InChI=1S/C17H16O2/c1-5-9-11-15-13(8-4)16(18)14(10-6-2)12(7-3)17(15)19/h2,5,7-9,11H,3,10H2,1,4H3/b9-5-,13-8+,15-11+. The number of carbonyl (C=O) groups excluding carboxylic acids is 2. The molecule has 2 nitrogen and oxygen atoms in total. The van der Waals surface area contributed by atoms with E-state index < -0.39 is 0 Å². The molecule has 0 aromatic carbocycles. The van der Waals surface area contributed by atoms with Gasteiger partial charge in [0, 0.05) is 28.7 Å². The van der Waals surface area contributed by atoms with Gasteiger partial charge in [-0.15, -0.1) is 12.3 Å². The van der Waals surface area contributed by atoms with Gasteiger partial charge in [0.05, 0.1) is 0 Å². The van der Waals surface area contributed by atoms with Crippen molar-refractivity contribution in [1.82, 2.24) is 0 Å². The van der Waals surface area contributed by atoms with Crippen LogP contribution in [0.2, 0.25) is 0 Å². The summed E-state index contributed by atoms with van der Waals surface area (Å²) in [6.07, 6.45) is 13.6. The molecular weight excluding hydrogens is 236 g/mol. The molecule has 1 aliphatic carbocycles. The molecule has 0 saturated heterocycles. The van der Waals surface area contributed by atoms with Gasteiger partial charge in [-0.25, -0.2) is 0 Å². The lowest BCUT2D eigenvalue weighted by Crippen LogP contribution is -2.24. The number of terminal acetylenes is 1. The van der Waals surface area contributed by atoms with E-state index >= 15 is 0 Å². The Hall–Kier alpha value is -2.40. The molecular formula is C17H16O2. The van der Waals surface area contributed by atoms with Crippen LogP contribution in [0.5, 0.6) is 0 Å². The van der Waals surface area contributed by atoms with Crippen molar-refractivity contribution in [2.45, 2.75) is 20.3 Å². The normalized spacial score (nSPS) is 20.5. The summed E-state index contributed by atoms with van der Waals surface area (Å²) in [7, 11) is 0. The van der Waals surface area contributed by atoms with Gasteiger partial charge in [0.25, 0.3) is 0 Å². The molecule has 0 aromatic rings. The number of hydrogen-bond donors (Lipinski definition) is 0. The molecule has 0 heterocycles. The maximum Gasteiger partial charge on any atom is 0.194 e. The minimum atomic E-state index is -0.203. The molecule has 0 atom stereocenters. The van der Waals surface area contributed by atoms with Crippen LogP contribution in [-0.2, 0) is 9.59 Å². The summed E-state index contributed by atoms with van der Waals surface area (Å²) in [6.45, 7) is 7.18. The van der Waals surface area contributed by atoms with Crippen LogP contribution in [0.15, 0.2) is 59.3 Å². The molecule has 96 valence electrons. The second-order valence-corrected chi connectivity index (χ2v) is 3.94. The molecule has 1 rings (SSSR count). The summed E-state index contributed by atoms with van der Waals surface area (Å²) in [5.74, 6) is 2.02. The van der Waals surface area contributed by atoms with Crippen LogP contribution < -0.4 is 0 Å². The van der Waals surface area contributed by atoms with E-state index in [1.165, 1.54) is 6.08 Å². The Morgan fingerprint density at radius 2 is 1.89 bits per heavy atom. The zero-order valence-electron chi connectivity index (χ0n) is 11.2. The fourth-order valence-electron chi connectivity index (χ4n) is 1.95. The van der Waals surface area contributed by atoms with Crippen molar-refractivity contribution in [2.75, 3.05) is 0 Å². The molecule has 0 fully saturated rings. The van der Waals surface area contributed by atoms with E-state index in [2.05, 4.69) is 12.5 Å². The van der Waals surface area contributed by atoms with Crippen molar-refractivity contribution in [1.29, 1.82) is 0 Å². The van der Waals surface area contributed by atoms with E-state index in [1.807, 2.05) is 6.92 Å². The summed E-state index contributed by atoms with van der Waals surface area (Å²) in [5.41, 5.74) is 1.46. The van der Waals surface area contributed by atoms with Crippen molar-refractivity contribution >= 4 is 11.6 Å². The molecule has 0 aromatic heterocycles. The van der Waals surface area contributed by atoms with Gasteiger partial charge in [0.1, 0.15) is 0 Å². The van der Waals surface area contributed by atoms with E-state index in [1.54, 1.807) is 31.2 Å². The molecule has 2 heteroatoms. The zero-order valence-corrected chi connectivity index (χ0v) is 11.2. The molecule has 19 heavy (non-hydrogen) atoms. The second kappa shape index (κ2) is 6.51. The van der Waals surface area contributed by atoms with Gasteiger partial charge in [-0.2, -0.15) is 0 Å². The van der Waals surface area contributed by atoms with E-state index in [-0.39, 0.29) is 18.0 Å². The van der Waals surface area contributed by atoms with Crippen molar-refractivity contribution in [2.24, 2.45) is 0 Å². The smallest absolute Gasteiger partial charge is 0.194 e. The van der Waals surface area contributed by atoms with Gasteiger partial charge < -0.3 is 0 Å². The number of carbonyl (C=O) groups is 2. The second-order valence-electron chi connectivity index (χ2n) is 3.94. The first kappa shape index (κ1) is 14.7. The predicted octanol–water partition coefficient (Wildman–Crippen LogP) is 3.09. The Labute approximate surface area is 113 Å². The van der Waals surface area contributed by atoms with Crippen LogP contribution in [-0.4, -0.2) is 11.6 Å². The molecule has 0 saturated carbocycles. The predicted molar refractivity (Wildman–Crippen MR) is 77.3 cm³/mol. The van der Waals surface area contributed by atoms with Crippen molar-refractivity contribution < 1.29 is 9.59 Å². The third kappa shape index (κ3) is 2.71. The minimum Gasteiger partial charge on any atom is -0.289 e. The summed E-state index contributed by atoms with van der Waals surface area (Å²) in [6, 6.07) is 0. The first-order chi connectivity index (χ1) is 9.12. The number of ketones is 2. The molecule has 0 amide bonds. The molecule has 0 spiro atoms. The SMILES string of the molecule is C#CCC1=C(C=C)C(=O)C(=C/C=C\C)/C(=C\C)C1=O. The topological polar surface area (TPSA) is 34.1 Å². The number of rotatable bonds is 3. The van der Waals surface area contributed by atoms with E-state index in [0.29, 0.717) is 22.3 Å². The first-order valence-electron chi connectivity index (χ1n) is 6.00. The summed E-state index contributed by atoms with van der Waals surface area (Å²) >= 11 is 0. The molecule has 0 N–H and O–H groups in total. The van der Waals surface area contributed by atoms with Crippen molar-refractivity contribution in [3.8, 4) is 12.3 Å². The largest absolute Gasteiger partial charge is 0.289 e. The third-order valence-electron chi connectivity index (χ3n) is 2.85. The zero-order chi connectivity index (χ0) is 14.4. The summed E-state index contributed by atoms with van der Waals surface area (Å²) < 4.78 is 0. The highest BCUT2D eigenvalue weighted by Crippen LogP contribution is 2.30. The highest BCUT2D eigenvalue weighted by atomic mass is 16.1. The minimum absolute atomic E-state index is 0.139. The van der Waals surface area contributed by atoms with Crippen LogP contribution in [0.4, 0.5) is 0 Å². The van der Waals surface area contributed by atoms with Gasteiger partial charge in [-0.05, 0) is 13.8 Å². The van der Waals surface area contributed by atoms with Crippen LogP contribution in [0.3, 0.4) is 0 Å². The van der Waals surface area contributed by atoms with Gasteiger partial charge in [0.15, 0.2) is 11.6 Å². The van der Waals surface area contributed by atoms with Gasteiger partial charge >= 0.3 is 0 Å². The summed E-state index contributed by atoms with van der Waals surface area (Å²) in [5, 5.41) is 0. The molecule has 1 aliphatic rings. The Morgan fingerprint density at radius 3 is 2.37 bits per heavy atom. The monoisotopic (exact) mass is 252 g/mol. The Bertz CT molecular complexity index is 587. The van der Waals surface area contributed by atoms with Crippen LogP contribution in [0, 0.1) is 12.3 Å². The fourth-order valence-corrected chi connectivity index (χ4v) is 1.95. The highest BCUT2D eigenvalue weighted by molar-refractivity contribution is 6.30. The number of hydrogen-bond acceptors (Lipinski definition) is 2. The van der Waals surface area contributed by atoms with E-state index in [0.717, 1.165) is 0 Å². The lowest BCUT2D eigenvalue weighted by molar-refractivity contribution is -0.116. The van der Waals surface area contributed by atoms with Crippen molar-refractivity contribution in [3.05, 3.63) is 59.3 Å². The Kier molecular flexibility index (Phi) is 5.02. The summed E-state index contributed by atoms with van der Waals surface area (Å²) in [4.78, 5) is 24.7. The van der Waals surface area contributed by atoms with Gasteiger partial charge in [-0.3, -0.25) is 9.59 Å². The average molecular weight is 252 g/mol. The van der Waals surface area contributed by atoms with E-state index in [9.17, 15) is 9.59 Å². The number of Topliss-reactive ketones (excluding diaryl/α,β-unsaturated/α-hetero) is 2. The lowest BCUT2D eigenvalue weighted by Gasteiger charge is -2.20. The average Bonchev–Trinajstić information content (AvgIpc) is 2.41. The molecule has 0 aliphatic heterocycles. The molecule has 0 unspecified atom stereocenters. The van der Waals surface area contributed by atoms with Crippen molar-refractivity contribution in [3.63, 3.8) is 0 Å². The van der Waals surface area contributed by atoms with Crippen LogP contribution >= 0.6 is 0 Å². The Morgan fingerprint density at radius 1 is 1.21 bits per heavy atom. The number of allylic oxidation sites excluding steroid dienone is 9. The van der Waals surface area contributed by atoms with Gasteiger partial charge in [0.2, 0.25) is 0 Å². The quantitative estimate of drug-likeness (QED) is 0.571. The van der Waals surface area contributed by atoms with E-state index in [4.69, 9.17) is 6.42 Å². The first-order valence-corrected chi connectivity index (χ1v) is 6.00. The highest BCUT2D eigenvalue weighted by Gasteiger charge is 2.32. The molecule has 0 radical (unpaired) electrons. The molecule has 0 bridgehead atoms. The Balaban J connectivity index is 3.55. The third-order valence-corrected chi connectivity index (χ3v) is 2.85. The maximum atomic E-state index is 12.4. The van der Waals surface area contributed by atoms with Crippen LogP contribution in [0.25, 0.3) is 0 Å². The fraction of sp³-hybridized carbons (Fsp3) is 0.176. The lowest BCUT2D eigenvalue weighted by atomic mass is 9.80. The van der Waals surface area contributed by atoms with Gasteiger partial charge in [-0.1, -0.05) is 37.0 Å².